The third-order valence-electron chi connectivity index (χ3n) is 4.05. The van der Waals surface area contributed by atoms with Crippen molar-refractivity contribution in [3.8, 4) is 11.5 Å². The molecule has 1 aliphatic rings. The van der Waals surface area contributed by atoms with Gasteiger partial charge in [-0.05, 0) is 66.8 Å². The molecule has 3 rings (SSSR count). The Morgan fingerprint density at radius 2 is 1.83 bits per heavy atom. The van der Waals surface area contributed by atoms with Gasteiger partial charge in [-0.2, -0.15) is 0 Å². The molecule has 5 heteroatoms. The Balaban J connectivity index is 1.78. The van der Waals surface area contributed by atoms with Gasteiger partial charge in [0, 0.05) is 0 Å². The van der Waals surface area contributed by atoms with Crippen LogP contribution < -0.4 is 4.74 Å². The van der Waals surface area contributed by atoms with Crippen LogP contribution in [0.4, 0.5) is 0 Å². The minimum atomic E-state index is -1.02. The highest BCUT2D eigenvalue weighted by atomic mass is 16.5. The molecule has 2 N–H and O–H groups in total. The summed E-state index contributed by atoms with van der Waals surface area (Å²) in [4.78, 5) is 23.3. The van der Waals surface area contributed by atoms with Crippen LogP contribution in [0.3, 0.4) is 0 Å². The monoisotopic (exact) mass is 312 g/mol. The van der Waals surface area contributed by atoms with Crippen LogP contribution in [0.5, 0.6) is 11.5 Å². The van der Waals surface area contributed by atoms with E-state index in [1.54, 1.807) is 18.2 Å². The Bertz CT molecular complexity index is 749. The van der Waals surface area contributed by atoms with Gasteiger partial charge in [-0.3, -0.25) is 4.79 Å². The summed E-state index contributed by atoms with van der Waals surface area (Å²) in [6.45, 7) is 0. The van der Waals surface area contributed by atoms with Crippen molar-refractivity contribution in [2.45, 2.75) is 25.2 Å². The number of aryl methyl sites for hydroxylation is 1. The predicted molar refractivity (Wildman–Crippen MR) is 82.8 cm³/mol. The summed E-state index contributed by atoms with van der Waals surface area (Å²) in [6, 6.07) is 10.8. The number of carboxylic acids is 1. The van der Waals surface area contributed by atoms with Gasteiger partial charge in [-0.15, -0.1) is 0 Å². The lowest BCUT2D eigenvalue weighted by molar-refractivity contribution is -0.136. The number of aromatic carboxylic acids is 1. The lowest BCUT2D eigenvalue weighted by Gasteiger charge is -2.24. The van der Waals surface area contributed by atoms with Gasteiger partial charge in [0.05, 0.1) is 11.5 Å². The molecule has 0 saturated carbocycles. The molecule has 0 aliphatic heterocycles. The van der Waals surface area contributed by atoms with E-state index in [1.165, 1.54) is 24.3 Å². The molecule has 5 nitrogen and oxygen atoms in total. The first-order valence-corrected chi connectivity index (χ1v) is 7.41. The molecular weight excluding hydrogens is 296 g/mol. The van der Waals surface area contributed by atoms with Crippen LogP contribution >= 0.6 is 0 Å². The highest BCUT2D eigenvalue weighted by Crippen LogP contribution is 2.34. The zero-order valence-corrected chi connectivity index (χ0v) is 12.4. The summed E-state index contributed by atoms with van der Waals surface area (Å²) in [7, 11) is 0. The number of carbonyl (C=O) groups is 2. The van der Waals surface area contributed by atoms with E-state index in [9.17, 15) is 14.7 Å². The van der Waals surface area contributed by atoms with E-state index in [2.05, 4.69) is 0 Å². The minimum Gasteiger partial charge on any atom is -0.508 e. The van der Waals surface area contributed by atoms with E-state index in [4.69, 9.17) is 9.84 Å². The number of benzene rings is 2. The number of phenols is 1. The fourth-order valence-electron chi connectivity index (χ4n) is 2.90. The van der Waals surface area contributed by atoms with E-state index >= 15 is 0 Å². The van der Waals surface area contributed by atoms with Gasteiger partial charge in [-0.1, -0.05) is 6.07 Å². The fraction of sp³-hybridized carbons (Fsp3) is 0.222. The van der Waals surface area contributed by atoms with Crippen LogP contribution in [-0.2, 0) is 11.2 Å². The van der Waals surface area contributed by atoms with Gasteiger partial charge in [0.2, 0.25) is 0 Å². The number of ether oxygens (including phenoxy) is 1. The second-order valence-electron chi connectivity index (χ2n) is 5.58. The molecule has 118 valence electrons. The van der Waals surface area contributed by atoms with E-state index < -0.39 is 5.97 Å². The summed E-state index contributed by atoms with van der Waals surface area (Å²) in [6.07, 6.45) is 2.39. The molecule has 0 saturated heterocycles. The molecule has 1 aliphatic carbocycles. The van der Waals surface area contributed by atoms with E-state index in [0.29, 0.717) is 12.2 Å². The maximum atomic E-state index is 12.4. The van der Waals surface area contributed by atoms with Crippen molar-refractivity contribution in [3.63, 3.8) is 0 Å². The van der Waals surface area contributed by atoms with Crippen molar-refractivity contribution >= 4 is 11.9 Å². The Hall–Kier alpha value is -2.82. The molecule has 0 bridgehead atoms. The first-order chi connectivity index (χ1) is 11.0. The van der Waals surface area contributed by atoms with Crippen molar-refractivity contribution in [2.24, 2.45) is 0 Å². The largest absolute Gasteiger partial charge is 0.508 e. The number of rotatable bonds is 3. The molecule has 1 atom stereocenters. The Morgan fingerprint density at radius 3 is 2.52 bits per heavy atom. The van der Waals surface area contributed by atoms with E-state index in [1.807, 2.05) is 0 Å². The standard InChI is InChI=1S/C18H16O5/c19-13-6-9-15-12(10-13)2-1-3-16(15)18(22)23-14-7-4-11(5-8-14)17(20)21/h4-10,16,19H,1-3H2,(H,20,21). The van der Waals surface area contributed by atoms with E-state index in [0.717, 1.165) is 24.0 Å². The Morgan fingerprint density at radius 1 is 1.09 bits per heavy atom. The summed E-state index contributed by atoms with van der Waals surface area (Å²) in [5.74, 6) is -1.23. The number of esters is 1. The molecule has 0 spiro atoms. The molecule has 0 aromatic heterocycles. The quantitative estimate of drug-likeness (QED) is 0.672. The maximum Gasteiger partial charge on any atom is 0.335 e. The first-order valence-electron chi connectivity index (χ1n) is 7.41. The van der Waals surface area contributed by atoms with Gasteiger partial charge in [0.25, 0.3) is 0 Å². The predicted octanol–water partition coefficient (Wildman–Crippen LogP) is 3.12. The van der Waals surface area contributed by atoms with Crippen LogP contribution in [0, 0.1) is 0 Å². The third-order valence-corrected chi connectivity index (χ3v) is 4.05. The SMILES string of the molecule is O=C(O)c1ccc(OC(=O)C2CCCc3cc(O)ccc32)cc1. The highest BCUT2D eigenvalue weighted by molar-refractivity contribution is 5.88. The number of phenolic OH excluding ortho intramolecular Hbond substituents is 1. The highest BCUT2D eigenvalue weighted by Gasteiger charge is 2.28. The van der Waals surface area contributed by atoms with Crippen LogP contribution in [-0.4, -0.2) is 22.2 Å². The second-order valence-corrected chi connectivity index (χ2v) is 5.58. The average Bonchev–Trinajstić information content (AvgIpc) is 2.54. The molecule has 2 aromatic carbocycles. The lowest BCUT2D eigenvalue weighted by atomic mass is 9.83. The van der Waals surface area contributed by atoms with Crippen molar-refractivity contribution in [3.05, 3.63) is 59.2 Å². The van der Waals surface area contributed by atoms with Crippen LogP contribution in [0.2, 0.25) is 0 Å². The molecule has 0 fully saturated rings. The molecule has 0 amide bonds. The van der Waals surface area contributed by atoms with Crippen molar-refractivity contribution in [1.29, 1.82) is 0 Å². The minimum absolute atomic E-state index is 0.142. The number of carbonyl (C=O) groups excluding carboxylic acids is 1. The summed E-state index contributed by atoms with van der Waals surface area (Å²) in [5, 5.41) is 18.4. The summed E-state index contributed by atoms with van der Waals surface area (Å²) < 4.78 is 5.38. The van der Waals surface area contributed by atoms with Crippen LogP contribution in [0.25, 0.3) is 0 Å². The number of aromatic hydroxyl groups is 1. The normalized spacial score (nSPS) is 16.4. The smallest absolute Gasteiger partial charge is 0.335 e. The topological polar surface area (TPSA) is 83.8 Å². The molecule has 0 heterocycles. The number of carboxylic acid groups (broad SMARTS) is 1. The second kappa shape index (κ2) is 6.12. The zero-order valence-electron chi connectivity index (χ0n) is 12.4. The van der Waals surface area contributed by atoms with Crippen molar-refractivity contribution in [1.82, 2.24) is 0 Å². The summed E-state index contributed by atoms with van der Waals surface area (Å²) in [5.41, 5.74) is 2.00. The molecule has 0 radical (unpaired) electrons. The van der Waals surface area contributed by atoms with Gasteiger partial charge < -0.3 is 14.9 Å². The molecule has 2 aromatic rings. The van der Waals surface area contributed by atoms with Gasteiger partial charge in [-0.25, -0.2) is 4.79 Å². The summed E-state index contributed by atoms with van der Waals surface area (Å²) >= 11 is 0. The van der Waals surface area contributed by atoms with Gasteiger partial charge in [0.1, 0.15) is 11.5 Å². The lowest BCUT2D eigenvalue weighted by Crippen LogP contribution is -2.23. The molecule has 1 unspecified atom stereocenters. The number of hydrogen-bond donors (Lipinski definition) is 2. The van der Waals surface area contributed by atoms with Gasteiger partial charge in [0.15, 0.2) is 0 Å². The van der Waals surface area contributed by atoms with Crippen molar-refractivity contribution < 1.29 is 24.5 Å². The molecular formula is C18H16O5. The van der Waals surface area contributed by atoms with Crippen molar-refractivity contribution in [2.75, 3.05) is 0 Å². The Kier molecular flexibility index (Phi) is 4.02. The zero-order chi connectivity index (χ0) is 16.4. The maximum absolute atomic E-state index is 12.4. The van der Waals surface area contributed by atoms with E-state index in [-0.39, 0.29) is 23.2 Å². The number of fused-ring (bicyclic) bond motifs is 1. The van der Waals surface area contributed by atoms with Crippen LogP contribution in [0.1, 0.15) is 40.2 Å². The molecule has 23 heavy (non-hydrogen) atoms. The fourth-order valence-corrected chi connectivity index (χ4v) is 2.90. The Labute approximate surface area is 133 Å². The third kappa shape index (κ3) is 3.18. The number of hydrogen-bond acceptors (Lipinski definition) is 4. The van der Waals surface area contributed by atoms with Crippen LogP contribution in [0.15, 0.2) is 42.5 Å². The average molecular weight is 312 g/mol. The first kappa shape index (κ1) is 15.1. The van der Waals surface area contributed by atoms with Gasteiger partial charge >= 0.3 is 11.9 Å².